The standard InChI is InChI=1S/C14H26N2O2/c1-4-7-15-10-6-5-8-16(13(10)18)11-9-12(17)14(11,2)3/h10-12,15,17H,4-9H2,1-3H3. The van der Waals surface area contributed by atoms with Crippen LogP contribution in [-0.2, 0) is 4.79 Å². The van der Waals surface area contributed by atoms with Crippen molar-refractivity contribution in [3.8, 4) is 0 Å². The van der Waals surface area contributed by atoms with E-state index in [2.05, 4.69) is 26.1 Å². The van der Waals surface area contributed by atoms with Crippen LogP contribution in [0.4, 0.5) is 0 Å². The molecule has 0 bridgehead atoms. The topological polar surface area (TPSA) is 52.6 Å². The fourth-order valence-corrected chi connectivity index (χ4v) is 3.13. The molecule has 4 nitrogen and oxygen atoms in total. The Balaban J connectivity index is 1.99. The van der Waals surface area contributed by atoms with Gasteiger partial charge in [0.05, 0.1) is 12.1 Å². The van der Waals surface area contributed by atoms with E-state index in [1.807, 2.05) is 4.90 Å². The third kappa shape index (κ3) is 2.28. The molecular formula is C14H26N2O2. The number of hydrogen-bond acceptors (Lipinski definition) is 3. The minimum atomic E-state index is -0.265. The lowest BCUT2D eigenvalue weighted by Crippen LogP contribution is -2.66. The van der Waals surface area contributed by atoms with Crippen molar-refractivity contribution in [3.63, 3.8) is 0 Å². The van der Waals surface area contributed by atoms with Crippen molar-refractivity contribution in [3.05, 3.63) is 0 Å². The molecule has 0 spiro atoms. The fraction of sp³-hybridized carbons (Fsp3) is 0.929. The molecule has 1 aliphatic heterocycles. The van der Waals surface area contributed by atoms with E-state index in [9.17, 15) is 9.90 Å². The Hall–Kier alpha value is -0.610. The first-order valence-electron chi connectivity index (χ1n) is 7.20. The number of piperidine rings is 1. The number of amides is 1. The van der Waals surface area contributed by atoms with Crippen molar-refractivity contribution in [1.82, 2.24) is 10.2 Å². The van der Waals surface area contributed by atoms with Crippen LogP contribution >= 0.6 is 0 Å². The van der Waals surface area contributed by atoms with E-state index in [1.54, 1.807) is 0 Å². The molecule has 0 radical (unpaired) electrons. The lowest BCUT2D eigenvalue weighted by Gasteiger charge is -2.55. The van der Waals surface area contributed by atoms with E-state index in [-0.39, 0.29) is 29.5 Å². The maximum Gasteiger partial charge on any atom is 0.239 e. The fourth-order valence-electron chi connectivity index (χ4n) is 3.13. The molecule has 104 valence electrons. The number of hydrogen-bond donors (Lipinski definition) is 2. The molecule has 4 heteroatoms. The van der Waals surface area contributed by atoms with Crippen LogP contribution in [0, 0.1) is 5.41 Å². The highest BCUT2D eigenvalue weighted by molar-refractivity contribution is 5.83. The van der Waals surface area contributed by atoms with Crippen LogP contribution in [0.15, 0.2) is 0 Å². The van der Waals surface area contributed by atoms with E-state index in [0.717, 1.165) is 38.8 Å². The molecule has 1 saturated heterocycles. The van der Waals surface area contributed by atoms with Crippen LogP contribution in [0.2, 0.25) is 0 Å². The lowest BCUT2D eigenvalue weighted by atomic mass is 9.63. The summed E-state index contributed by atoms with van der Waals surface area (Å²) in [6, 6.07) is 0.207. The summed E-state index contributed by atoms with van der Waals surface area (Å²) in [5.41, 5.74) is -0.150. The molecule has 1 heterocycles. The maximum absolute atomic E-state index is 12.4. The van der Waals surface area contributed by atoms with Crippen LogP contribution in [-0.4, -0.2) is 47.2 Å². The summed E-state index contributed by atoms with van der Waals surface area (Å²) in [6.07, 6.45) is 3.54. The van der Waals surface area contributed by atoms with E-state index in [1.165, 1.54) is 0 Å². The minimum absolute atomic E-state index is 0.00718. The smallest absolute Gasteiger partial charge is 0.239 e. The molecule has 0 aromatic heterocycles. The van der Waals surface area contributed by atoms with Crippen molar-refractivity contribution in [2.75, 3.05) is 13.1 Å². The zero-order chi connectivity index (χ0) is 13.3. The SMILES string of the molecule is CCCNC1CCCN(C2CC(O)C2(C)C)C1=O. The highest BCUT2D eigenvalue weighted by Gasteiger charge is 2.52. The molecule has 2 rings (SSSR count). The van der Waals surface area contributed by atoms with Crippen LogP contribution in [0.5, 0.6) is 0 Å². The zero-order valence-corrected chi connectivity index (χ0v) is 11.8. The normalized spacial score (nSPS) is 35.4. The van der Waals surface area contributed by atoms with Gasteiger partial charge in [0.25, 0.3) is 0 Å². The molecule has 0 aromatic carbocycles. The van der Waals surface area contributed by atoms with Gasteiger partial charge in [-0.05, 0) is 32.2 Å². The average molecular weight is 254 g/mol. The molecule has 2 fully saturated rings. The Morgan fingerprint density at radius 3 is 2.78 bits per heavy atom. The molecule has 3 unspecified atom stereocenters. The molecule has 1 saturated carbocycles. The summed E-state index contributed by atoms with van der Waals surface area (Å²) in [4.78, 5) is 14.4. The molecule has 1 amide bonds. The van der Waals surface area contributed by atoms with Gasteiger partial charge in [-0.15, -0.1) is 0 Å². The second-order valence-corrected chi connectivity index (χ2v) is 6.27. The number of carbonyl (C=O) groups excluding carboxylic acids is 1. The number of aliphatic hydroxyl groups excluding tert-OH is 1. The third-order valence-electron chi connectivity index (χ3n) is 4.65. The maximum atomic E-state index is 12.4. The zero-order valence-electron chi connectivity index (χ0n) is 11.8. The summed E-state index contributed by atoms with van der Waals surface area (Å²) in [7, 11) is 0. The number of rotatable bonds is 4. The highest BCUT2D eigenvalue weighted by Crippen LogP contribution is 2.44. The van der Waals surface area contributed by atoms with Crippen LogP contribution in [0.25, 0.3) is 0 Å². The predicted octanol–water partition coefficient (Wildman–Crippen LogP) is 1.14. The van der Waals surface area contributed by atoms with Gasteiger partial charge in [0.2, 0.25) is 5.91 Å². The number of nitrogens with one attached hydrogen (secondary N) is 1. The van der Waals surface area contributed by atoms with Gasteiger partial charge in [0.1, 0.15) is 0 Å². The second kappa shape index (κ2) is 5.17. The summed E-state index contributed by atoms with van der Waals surface area (Å²) in [5.74, 6) is 0.236. The third-order valence-corrected chi connectivity index (χ3v) is 4.65. The highest BCUT2D eigenvalue weighted by atomic mass is 16.3. The van der Waals surface area contributed by atoms with Gasteiger partial charge in [-0.3, -0.25) is 4.79 Å². The van der Waals surface area contributed by atoms with Crippen molar-refractivity contribution in [2.24, 2.45) is 5.41 Å². The van der Waals surface area contributed by atoms with Gasteiger partial charge in [0, 0.05) is 18.0 Å². The van der Waals surface area contributed by atoms with Gasteiger partial charge < -0.3 is 15.3 Å². The quantitative estimate of drug-likeness (QED) is 0.791. The van der Waals surface area contributed by atoms with Crippen LogP contribution in [0.3, 0.4) is 0 Å². The molecular weight excluding hydrogens is 228 g/mol. The number of likely N-dealkylation sites (tertiary alicyclic amines) is 1. The second-order valence-electron chi connectivity index (χ2n) is 6.27. The molecule has 18 heavy (non-hydrogen) atoms. The van der Waals surface area contributed by atoms with E-state index >= 15 is 0 Å². The first-order valence-corrected chi connectivity index (χ1v) is 7.20. The lowest BCUT2D eigenvalue weighted by molar-refractivity contribution is -0.161. The Morgan fingerprint density at radius 1 is 1.50 bits per heavy atom. The van der Waals surface area contributed by atoms with E-state index in [4.69, 9.17) is 0 Å². The number of aliphatic hydroxyl groups is 1. The van der Waals surface area contributed by atoms with Gasteiger partial charge >= 0.3 is 0 Å². The minimum Gasteiger partial charge on any atom is -0.392 e. The first kappa shape index (κ1) is 13.8. The van der Waals surface area contributed by atoms with E-state index < -0.39 is 0 Å². The monoisotopic (exact) mass is 254 g/mol. The van der Waals surface area contributed by atoms with Gasteiger partial charge in [-0.1, -0.05) is 20.8 Å². The van der Waals surface area contributed by atoms with Gasteiger partial charge in [0.15, 0.2) is 0 Å². The van der Waals surface area contributed by atoms with Crippen molar-refractivity contribution >= 4 is 5.91 Å². The Morgan fingerprint density at radius 2 is 2.22 bits per heavy atom. The van der Waals surface area contributed by atoms with Gasteiger partial charge in [-0.25, -0.2) is 0 Å². The summed E-state index contributed by atoms with van der Waals surface area (Å²) < 4.78 is 0. The molecule has 0 aromatic rings. The largest absolute Gasteiger partial charge is 0.392 e. The molecule has 3 atom stereocenters. The Kier molecular flexibility index (Phi) is 3.97. The van der Waals surface area contributed by atoms with Crippen molar-refractivity contribution < 1.29 is 9.90 Å². The number of nitrogens with zero attached hydrogens (tertiary/aromatic N) is 1. The van der Waals surface area contributed by atoms with Crippen molar-refractivity contribution in [2.45, 2.75) is 64.6 Å². The first-order chi connectivity index (χ1) is 8.48. The summed E-state index contributed by atoms with van der Waals surface area (Å²) >= 11 is 0. The summed E-state index contributed by atoms with van der Waals surface area (Å²) in [6.45, 7) is 7.98. The number of carbonyl (C=O) groups is 1. The molecule has 1 aliphatic carbocycles. The van der Waals surface area contributed by atoms with Crippen LogP contribution < -0.4 is 5.32 Å². The van der Waals surface area contributed by atoms with Crippen molar-refractivity contribution in [1.29, 1.82) is 0 Å². The Labute approximate surface area is 110 Å². The van der Waals surface area contributed by atoms with E-state index in [0.29, 0.717) is 0 Å². The molecule has 2 aliphatic rings. The molecule has 2 N–H and O–H groups in total. The van der Waals surface area contributed by atoms with Gasteiger partial charge in [-0.2, -0.15) is 0 Å². The predicted molar refractivity (Wildman–Crippen MR) is 71.2 cm³/mol. The van der Waals surface area contributed by atoms with Crippen LogP contribution in [0.1, 0.15) is 46.5 Å². The summed E-state index contributed by atoms with van der Waals surface area (Å²) in [5, 5.41) is 13.2. The average Bonchev–Trinajstić information content (AvgIpc) is 2.35. The Bertz CT molecular complexity index is 317.